The van der Waals surface area contributed by atoms with Crippen molar-refractivity contribution in [3.8, 4) is 22.8 Å². The fraction of sp³-hybridized carbons (Fsp3) is 0.136. The second-order valence-electron chi connectivity index (χ2n) is 7.74. The summed E-state index contributed by atoms with van der Waals surface area (Å²) in [6, 6.07) is 9.78. The standard InChI is InChI=1S/C22H15ClN8O3S/c23-12-3-4-15(30-11-25-28-29-30)13(8-12)14-9-20(32)31-16(5-6-18(31)26-14)21-24-10-19(27-21)34-22(33)17-2-1-7-35-17/h1-4,7-11,16H,5-6H2,(H,24,27)/t16-/m0/s1. The van der Waals surface area contributed by atoms with Gasteiger partial charge in [-0.2, -0.15) is 4.68 Å². The zero-order chi connectivity index (χ0) is 23.9. The van der Waals surface area contributed by atoms with Gasteiger partial charge in [-0.1, -0.05) is 17.7 Å². The number of nitrogens with zero attached hydrogens (tertiary/aromatic N) is 7. The number of hydrogen-bond donors (Lipinski definition) is 1. The van der Waals surface area contributed by atoms with E-state index in [0.29, 0.717) is 51.3 Å². The molecule has 1 aliphatic heterocycles. The first-order chi connectivity index (χ1) is 17.1. The third-order valence-electron chi connectivity index (χ3n) is 5.62. The summed E-state index contributed by atoms with van der Waals surface area (Å²) < 4.78 is 8.47. The van der Waals surface area contributed by atoms with Gasteiger partial charge < -0.3 is 9.72 Å². The second-order valence-corrected chi connectivity index (χ2v) is 9.12. The van der Waals surface area contributed by atoms with Crippen LogP contribution in [0.4, 0.5) is 0 Å². The third-order valence-corrected chi connectivity index (χ3v) is 6.71. The first-order valence-electron chi connectivity index (χ1n) is 10.5. The predicted octanol–water partition coefficient (Wildman–Crippen LogP) is 3.08. The number of benzene rings is 1. The van der Waals surface area contributed by atoms with E-state index in [9.17, 15) is 9.59 Å². The van der Waals surface area contributed by atoms with Crippen LogP contribution in [0.3, 0.4) is 0 Å². The minimum atomic E-state index is -0.467. The molecule has 0 amide bonds. The molecule has 35 heavy (non-hydrogen) atoms. The maximum Gasteiger partial charge on any atom is 0.355 e. The molecule has 13 heteroatoms. The minimum Gasteiger partial charge on any atom is -0.404 e. The summed E-state index contributed by atoms with van der Waals surface area (Å²) >= 11 is 7.53. The van der Waals surface area contributed by atoms with E-state index in [1.165, 1.54) is 34.6 Å². The molecule has 0 unspecified atom stereocenters. The predicted molar refractivity (Wildman–Crippen MR) is 126 cm³/mol. The number of aromatic nitrogens is 8. The molecule has 0 aliphatic carbocycles. The maximum atomic E-state index is 13.2. The summed E-state index contributed by atoms with van der Waals surface area (Å²) in [5.74, 6) is 0.889. The molecule has 0 saturated carbocycles. The summed E-state index contributed by atoms with van der Waals surface area (Å²) in [5, 5.41) is 13.6. The van der Waals surface area contributed by atoms with Gasteiger partial charge >= 0.3 is 5.97 Å². The van der Waals surface area contributed by atoms with Gasteiger partial charge in [0.05, 0.1) is 23.6 Å². The number of carbonyl (C=O) groups excluding carboxylic acids is 1. The molecule has 0 radical (unpaired) electrons. The Bertz CT molecular complexity index is 1590. The number of thiophene rings is 1. The molecule has 0 spiro atoms. The Labute approximate surface area is 206 Å². The van der Waals surface area contributed by atoms with E-state index in [2.05, 4.69) is 25.5 Å². The quantitative estimate of drug-likeness (QED) is 0.359. The highest BCUT2D eigenvalue weighted by atomic mass is 35.5. The number of esters is 1. The highest BCUT2D eigenvalue weighted by molar-refractivity contribution is 7.12. The number of aromatic amines is 1. The molecule has 5 heterocycles. The van der Waals surface area contributed by atoms with Crippen molar-refractivity contribution in [2.45, 2.75) is 18.9 Å². The van der Waals surface area contributed by atoms with Crippen LogP contribution in [0.25, 0.3) is 16.9 Å². The number of hydrogen-bond acceptors (Lipinski definition) is 9. The van der Waals surface area contributed by atoms with Crippen LogP contribution in [0, 0.1) is 0 Å². The maximum absolute atomic E-state index is 13.2. The topological polar surface area (TPSA) is 133 Å². The van der Waals surface area contributed by atoms with E-state index in [0.717, 1.165) is 0 Å². The normalized spacial score (nSPS) is 14.7. The second kappa shape index (κ2) is 8.56. The van der Waals surface area contributed by atoms with E-state index < -0.39 is 5.97 Å². The zero-order valence-electron chi connectivity index (χ0n) is 17.8. The smallest absolute Gasteiger partial charge is 0.355 e. The van der Waals surface area contributed by atoms with Gasteiger partial charge in [0.1, 0.15) is 22.9 Å². The highest BCUT2D eigenvalue weighted by Crippen LogP contribution is 2.32. The van der Waals surface area contributed by atoms with Crippen LogP contribution >= 0.6 is 22.9 Å². The van der Waals surface area contributed by atoms with Gasteiger partial charge in [0.25, 0.3) is 5.56 Å². The first-order valence-corrected chi connectivity index (χ1v) is 11.8. The zero-order valence-corrected chi connectivity index (χ0v) is 19.4. The Balaban J connectivity index is 1.32. The fourth-order valence-corrected chi connectivity index (χ4v) is 4.88. The van der Waals surface area contributed by atoms with Gasteiger partial charge in [0, 0.05) is 23.1 Å². The number of tetrazole rings is 1. The molecule has 0 saturated heterocycles. The SMILES string of the molecule is O=C(Oc1cnc([C@@H]2CCc3nc(-c4cc(Cl)ccc4-n4cnnn4)cc(=O)n32)[nH]1)c1cccs1. The average Bonchev–Trinajstić information content (AvgIpc) is 3.66. The first kappa shape index (κ1) is 21.4. The van der Waals surface area contributed by atoms with Crippen molar-refractivity contribution < 1.29 is 9.53 Å². The number of carbonyl (C=O) groups is 1. The minimum absolute atomic E-state index is 0.217. The van der Waals surface area contributed by atoms with Crippen molar-refractivity contribution in [3.05, 3.63) is 86.2 Å². The highest BCUT2D eigenvalue weighted by Gasteiger charge is 2.29. The molecule has 1 atom stereocenters. The van der Waals surface area contributed by atoms with E-state index in [1.54, 1.807) is 40.3 Å². The van der Waals surface area contributed by atoms with Crippen molar-refractivity contribution in [1.29, 1.82) is 0 Å². The molecular formula is C22H15ClN8O3S. The van der Waals surface area contributed by atoms with Gasteiger partial charge in [0.15, 0.2) is 0 Å². The van der Waals surface area contributed by atoms with Crippen molar-refractivity contribution in [1.82, 2.24) is 39.7 Å². The molecule has 0 fully saturated rings. The summed E-state index contributed by atoms with van der Waals surface area (Å²) in [5.41, 5.74) is 1.52. The van der Waals surface area contributed by atoms with Crippen molar-refractivity contribution >= 4 is 28.9 Å². The molecule has 1 aliphatic rings. The van der Waals surface area contributed by atoms with Gasteiger partial charge in [-0.15, -0.1) is 16.4 Å². The van der Waals surface area contributed by atoms with E-state index in [-0.39, 0.29) is 17.5 Å². The molecular weight excluding hydrogens is 492 g/mol. The van der Waals surface area contributed by atoms with Crippen molar-refractivity contribution in [2.75, 3.05) is 0 Å². The van der Waals surface area contributed by atoms with Gasteiger partial charge in [-0.3, -0.25) is 9.36 Å². The number of halogens is 1. The molecule has 6 rings (SSSR count). The fourth-order valence-electron chi connectivity index (χ4n) is 4.11. The molecule has 0 bridgehead atoms. The largest absolute Gasteiger partial charge is 0.404 e. The lowest BCUT2D eigenvalue weighted by Gasteiger charge is -2.14. The molecule has 5 aromatic rings. The third kappa shape index (κ3) is 3.92. The summed E-state index contributed by atoms with van der Waals surface area (Å²) in [7, 11) is 0. The van der Waals surface area contributed by atoms with Crippen LogP contribution in [0.2, 0.25) is 5.02 Å². The molecule has 174 valence electrons. The van der Waals surface area contributed by atoms with Gasteiger partial charge in [-0.25, -0.2) is 14.8 Å². The van der Waals surface area contributed by atoms with Crippen LogP contribution in [0.5, 0.6) is 5.88 Å². The Morgan fingerprint density at radius 3 is 2.97 bits per heavy atom. The van der Waals surface area contributed by atoms with Gasteiger partial charge in [-0.05, 0) is 46.5 Å². The van der Waals surface area contributed by atoms with Crippen molar-refractivity contribution in [2.24, 2.45) is 0 Å². The van der Waals surface area contributed by atoms with Crippen LogP contribution < -0.4 is 10.3 Å². The van der Waals surface area contributed by atoms with Crippen LogP contribution in [-0.2, 0) is 6.42 Å². The summed E-state index contributed by atoms with van der Waals surface area (Å²) in [6.45, 7) is 0. The lowest BCUT2D eigenvalue weighted by Crippen LogP contribution is -2.25. The monoisotopic (exact) mass is 506 g/mol. The van der Waals surface area contributed by atoms with Crippen molar-refractivity contribution in [3.63, 3.8) is 0 Å². The van der Waals surface area contributed by atoms with Crippen LogP contribution in [-0.4, -0.2) is 45.7 Å². The van der Waals surface area contributed by atoms with Gasteiger partial charge in [0.2, 0.25) is 5.88 Å². The molecule has 1 aromatic carbocycles. The number of imidazole rings is 1. The number of H-pyrrole nitrogens is 1. The Morgan fingerprint density at radius 2 is 2.17 bits per heavy atom. The molecule has 11 nitrogen and oxygen atoms in total. The van der Waals surface area contributed by atoms with E-state index >= 15 is 0 Å². The number of ether oxygens (including phenoxy) is 1. The van der Waals surface area contributed by atoms with Crippen LogP contribution in [0.15, 0.2) is 59.1 Å². The molecule has 4 aromatic heterocycles. The Hall–Kier alpha value is -4.16. The van der Waals surface area contributed by atoms with E-state index in [4.69, 9.17) is 21.3 Å². The number of rotatable bonds is 5. The lowest BCUT2D eigenvalue weighted by atomic mass is 10.1. The number of aryl methyl sites for hydroxylation is 1. The average molecular weight is 507 g/mol. The van der Waals surface area contributed by atoms with Crippen LogP contribution in [0.1, 0.15) is 33.8 Å². The molecule has 1 N–H and O–H groups in total. The summed E-state index contributed by atoms with van der Waals surface area (Å²) in [6.07, 6.45) is 4.09. The number of nitrogens with one attached hydrogen (secondary N) is 1. The lowest BCUT2D eigenvalue weighted by molar-refractivity contribution is 0.0733. The Kier molecular flexibility index (Phi) is 5.23. The number of fused-ring (bicyclic) bond motifs is 1. The summed E-state index contributed by atoms with van der Waals surface area (Å²) in [4.78, 5) is 38.1. The van der Waals surface area contributed by atoms with E-state index in [1.807, 2.05) is 0 Å². The Morgan fingerprint density at radius 1 is 1.26 bits per heavy atom.